The van der Waals surface area contributed by atoms with Crippen LogP contribution >= 0.6 is 0 Å². The molecule has 2 N–H and O–H groups in total. The number of nitrogens with one attached hydrogen (secondary N) is 1. The SMILES string of the molecule is COC(=O)[C@H](C(C)C)N(C[C@H](CO)NC(=O)OCc1ccccc1)C(=O)OC(C)(C)C. The van der Waals surface area contributed by atoms with E-state index in [9.17, 15) is 19.5 Å². The van der Waals surface area contributed by atoms with E-state index in [-0.39, 0.29) is 19.1 Å². The fraction of sp³-hybridized carbons (Fsp3) is 0.591. The van der Waals surface area contributed by atoms with Crippen molar-refractivity contribution in [2.45, 2.75) is 58.9 Å². The molecule has 0 bridgehead atoms. The molecular weight excluding hydrogens is 404 g/mol. The van der Waals surface area contributed by atoms with E-state index in [1.807, 2.05) is 30.3 Å². The highest BCUT2D eigenvalue weighted by Crippen LogP contribution is 2.18. The second-order valence-corrected chi connectivity index (χ2v) is 8.43. The molecule has 0 heterocycles. The van der Waals surface area contributed by atoms with Gasteiger partial charge in [-0.3, -0.25) is 4.90 Å². The van der Waals surface area contributed by atoms with E-state index in [1.54, 1.807) is 34.6 Å². The van der Waals surface area contributed by atoms with Crippen molar-refractivity contribution < 1.29 is 33.7 Å². The third-order valence-corrected chi connectivity index (χ3v) is 4.21. The van der Waals surface area contributed by atoms with Crippen LogP contribution in [-0.2, 0) is 25.6 Å². The van der Waals surface area contributed by atoms with Crippen LogP contribution in [0.25, 0.3) is 0 Å². The lowest BCUT2D eigenvalue weighted by Crippen LogP contribution is -2.56. The molecule has 9 heteroatoms. The molecule has 2 amide bonds. The van der Waals surface area contributed by atoms with E-state index in [4.69, 9.17) is 14.2 Å². The number of methoxy groups -OCH3 is 1. The van der Waals surface area contributed by atoms with Gasteiger partial charge in [-0.15, -0.1) is 0 Å². The molecule has 0 radical (unpaired) electrons. The van der Waals surface area contributed by atoms with Crippen LogP contribution < -0.4 is 5.32 Å². The highest BCUT2D eigenvalue weighted by atomic mass is 16.6. The van der Waals surface area contributed by atoms with E-state index in [0.717, 1.165) is 5.56 Å². The molecule has 1 rings (SSSR count). The normalized spacial score (nSPS) is 13.2. The Morgan fingerprint density at radius 1 is 1.13 bits per heavy atom. The standard InChI is InChI=1S/C22H34N2O7/c1-15(2)18(19(26)29-6)24(21(28)31-22(3,4)5)12-17(13-25)23-20(27)30-14-16-10-8-7-9-11-16/h7-11,15,17-18,25H,12-14H2,1-6H3,(H,23,27)/t17-,18+/m1/s1. The van der Waals surface area contributed by atoms with Crippen molar-refractivity contribution in [1.82, 2.24) is 10.2 Å². The summed E-state index contributed by atoms with van der Waals surface area (Å²) in [4.78, 5) is 38.6. The lowest BCUT2D eigenvalue weighted by Gasteiger charge is -2.35. The Hall–Kier alpha value is -2.81. The molecule has 0 saturated heterocycles. The average molecular weight is 439 g/mol. The Kier molecular flexibility index (Phi) is 10.3. The summed E-state index contributed by atoms with van der Waals surface area (Å²) in [6.07, 6.45) is -1.51. The molecule has 0 aromatic heterocycles. The second-order valence-electron chi connectivity index (χ2n) is 8.43. The molecule has 174 valence electrons. The molecule has 0 saturated carbocycles. The van der Waals surface area contributed by atoms with Crippen LogP contribution in [0.1, 0.15) is 40.2 Å². The maximum absolute atomic E-state index is 12.8. The summed E-state index contributed by atoms with van der Waals surface area (Å²) in [6.45, 7) is 8.02. The first-order valence-corrected chi connectivity index (χ1v) is 10.1. The van der Waals surface area contributed by atoms with Gasteiger partial charge in [-0.1, -0.05) is 44.2 Å². The number of nitrogens with zero attached hydrogens (tertiary/aromatic N) is 1. The number of esters is 1. The summed E-state index contributed by atoms with van der Waals surface area (Å²) in [5.74, 6) is -0.923. The Bertz CT molecular complexity index is 716. The Morgan fingerprint density at radius 3 is 2.23 bits per heavy atom. The number of ether oxygens (including phenoxy) is 3. The molecule has 31 heavy (non-hydrogen) atoms. The molecule has 1 aromatic rings. The van der Waals surface area contributed by atoms with Crippen molar-refractivity contribution in [3.63, 3.8) is 0 Å². The van der Waals surface area contributed by atoms with Crippen molar-refractivity contribution in [1.29, 1.82) is 0 Å². The van der Waals surface area contributed by atoms with Gasteiger partial charge in [0.2, 0.25) is 0 Å². The van der Waals surface area contributed by atoms with E-state index in [0.29, 0.717) is 0 Å². The van der Waals surface area contributed by atoms with Crippen LogP contribution in [-0.4, -0.2) is 66.1 Å². The van der Waals surface area contributed by atoms with Crippen LogP contribution in [0.5, 0.6) is 0 Å². The van der Waals surface area contributed by atoms with Crippen LogP contribution in [0, 0.1) is 5.92 Å². The third kappa shape index (κ3) is 9.25. The van der Waals surface area contributed by atoms with Gasteiger partial charge in [0.25, 0.3) is 0 Å². The highest BCUT2D eigenvalue weighted by molar-refractivity contribution is 5.82. The molecule has 0 aliphatic heterocycles. The van der Waals surface area contributed by atoms with Crippen molar-refractivity contribution in [2.75, 3.05) is 20.3 Å². The summed E-state index contributed by atoms with van der Waals surface area (Å²) in [5, 5.41) is 12.3. The number of alkyl carbamates (subject to hydrolysis) is 1. The quantitative estimate of drug-likeness (QED) is 0.450. The smallest absolute Gasteiger partial charge is 0.411 e. The second kappa shape index (κ2) is 12.1. The largest absolute Gasteiger partial charge is 0.467 e. The number of amides is 2. The van der Waals surface area contributed by atoms with Gasteiger partial charge < -0.3 is 24.6 Å². The summed E-state index contributed by atoms with van der Waals surface area (Å²) in [5.41, 5.74) is 0.00291. The summed E-state index contributed by atoms with van der Waals surface area (Å²) >= 11 is 0. The molecule has 2 atom stereocenters. The van der Waals surface area contributed by atoms with Gasteiger partial charge in [-0.2, -0.15) is 0 Å². The number of hydrogen-bond acceptors (Lipinski definition) is 7. The molecule has 1 aromatic carbocycles. The number of rotatable bonds is 9. The molecule has 0 spiro atoms. The fourth-order valence-electron chi connectivity index (χ4n) is 2.82. The van der Waals surface area contributed by atoms with Crippen molar-refractivity contribution in [2.24, 2.45) is 5.92 Å². The predicted octanol–water partition coefficient (Wildman–Crippen LogP) is 2.71. The maximum Gasteiger partial charge on any atom is 0.411 e. The van der Waals surface area contributed by atoms with Crippen LogP contribution in [0.15, 0.2) is 30.3 Å². The zero-order valence-corrected chi connectivity index (χ0v) is 19.1. The van der Waals surface area contributed by atoms with Gasteiger partial charge in [0.1, 0.15) is 18.2 Å². The number of hydrogen-bond donors (Lipinski definition) is 2. The number of benzene rings is 1. The summed E-state index contributed by atoms with van der Waals surface area (Å²) in [7, 11) is 1.23. The topological polar surface area (TPSA) is 114 Å². The minimum atomic E-state index is -0.962. The van der Waals surface area contributed by atoms with Crippen molar-refractivity contribution in [3.05, 3.63) is 35.9 Å². The minimum Gasteiger partial charge on any atom is -0.467 e. The predicted molar refractivity (Wildman–Crippen MR) is 114 cm³/mol. The molecule has 0 fully saturated rings. The molecule has 9 nitrogen and oxygen atoms in total. The van der Waals surface area contributed by atoms with Crippen LogP contribution in [0.2, 0.25) is 0 Å². The van der Waals surface area contributed by atoms with Gasteiger partial charge in [0.15, 0.2) is 0 Å². The van der Waals surface area contributed by atoms with E-state index >= 15 is 0 Å². The van der Waals surface area contributed by atoms with Crippen molar-refractivity contribution >= 4 is 18.2 Å². The van der Waals surface area contributed by atoms with Gasteiger partial charge >= 0.3 is 18.2 Å². The van der Waals surface area contributed by atoms with E-state index in [2.05, 4.69) is 5.32 Å². The first-order chi connectivity index (χ1) is 14.5. The number of aliphatic hydroxyl groups is 1. The van der Waals surface area contributed by atoms with Crippen LogP contribution in [0.4, 0.5) is 9.59 Å². The Balaban J connectivity index is 2.93. The zero-order valence-electron chi connectivity index (χ0n) is 19.1. The molecule has 0 unspecified atom stereocenters. The van der Waals surface area contributed by atoms with Gasteiger partial charge in [0.05, 0.1) is 19.8 Å². The molecule has 0 aliphatic rings. The number of carbonyl (C=O) groups excluding carboxylic acids is 3. The fourth-order valence-corrected chi connectivity index (χ4v) is 2.82. The Labute approximate surface area is 183 Å². The lowest BCUT2D eigenvalue weighted by molar-refractivity contribution is -0.148. The zero-order chi connectivity index (χ0) is 23.6. The number of carbonyl (C=O) groups is 3. The van der Waals surface area contributed by atoms with Gasteiger partial charge in [0, 0.05) is 6.54 Å². The molecular formula is C22H34N2O7. The maximum atomic E-state index is 12.8. The Morgan fingerprint density at radius 2 is 1.74 bits per heavy atom. The first kappa shape index (κ1) is 26.2. The minimum absolute atomic E-state index is 0.0530. The highest BCUT2D eigenvalue weighted by Gasteiger charge is 2.37. The summed E-state index contributed by atoms with van der Waals surface area (Å²) in [6, 6.07) is 7.27. The summed E-state index contributed by atoms with van der Waals surface area (Å²) < 4.78 is 15.5. The van der Waals surface area contributed by atoms with Crippen LogP contribution in [0.3, 0.4) is 0 Å². The van der Waals surface area contributed by atoms with Gasteiger partial charge in [-0.05, 0) is 32.3 Å². The molecule has 0 aliphatic carbocycles. The first-order valence-electron chi connectivity index (χ1n) is 10.1. The van der Waals surface area contributed by atoms with E-state index in [1.165, 1.54) is 12.0 Å². The van der Waals surface area contributed by atoms with Gasteiger partial charge in [-0.25, -0.2) is 14.4 Å². The number of aliphatic hydroxyl groups excluding tert-OH is 1. The van der Waals surface area contributed by atoms with Crippen molar-refractivity contribution in [3.8, 4) is 0 Å². The lowest BCUT2D eigenvalue weighted by atomic mass is 10.0. The third-order valence-electron chi connectivity index (χ3n) is 4.21. The average Bonchev–Trinajstić information content (AvgIpc) is 2.69. The monoisotopic (exact) mass is 438 g/mol. The van der Waals surface area contributed by atoms with E-state index < -0.39 is 42.4 Å².